The highest BCUT2D eigenvalue weighted by atomic mass is 19.1. The molecule has 100 valence electrons. The van der Waals surface area contributed by atoms with E-state index < -0.39 is 0 Å². The van der Waals surface area contributed by atoms with E-state index in [1.807, 2.05) is 12.1 Å². The normalized spacial score (nSPS) is 24.8. The zero-order valence-corrected chi connectivity index (χ0v) is 11.3. The van der Waals surface area contributed by atoms with Crippen LogP contribution in [0, 0.1) is 11.7 Å². The summed E-state index contributed by atoms with van der Waals surface area (Å²) in [6, 6.07) is 7.66. The highest BCUT2D eigenvalue weighted by Crippen LogP contribution is 2.26. The average molecular weight is 249 g/mol. The van der Waals surface area contributed by atoms with Crippen LogP contribution in [0.2, 0.25) is 0 Å². The molecule has 1 aliphatic rings. The second kappa shape index (κ2) is 6.89. The molecule has 1 nitrogen and oxygen atoms in total. The maximum atomic E-state index is 12.9. The van der Waals surface area contributed by atoms with Gasteiger partial charge in [0.1, 0.15) is 5.82 Å². The summed E-state index contributed by atoms with van der Waals surface area (Å²) in [5.41, 5.74) is 1.27. The van der Waals surface area contributed by atoms with Crippen molar-refractivity contribution in [2.24, 2.45) is 5.92 Å². The third-order valence-electron chi connectivity index (χ3n) is 4.04. The Kier molecular flexibility index (Phi) is 5.18. The zero-order chi connectivity index (χ0) is 12.8. The largest absolute Gasteiger partial charge is 0.314 e. The quantitative estimate of drug-likeness (QED) is 0.797. The zero-order valence-electron chi connectivity index (χ0n) is 11.3. The molecule has 1 fully saturated rings. The lowest BCUT2D eigenvalue weighted by Gasteiger charge is -2.26. The summed E-state index contributed by atoms with van der Waals surface area (Å²) in [4.78, 5) is 0. The lowest BCUT2D eigenvalue weighted by Crippen LogP contribution is -2.36. The van der Waals surface area contributed by atoms with Gasteiger partial charge in [0.2, 0.25) is 0 Å². The highest BCUT2D eigenvalue weighted by Gasteiger charge is 2.22. The molecule has 0 radical (unpaired) electrons. The van der Waals surface area contributed by atoms with E-state index in [9.17, 15) is 4.39 Å². The standard InChI is InChI=1S/C16H24FN/c1-2-18-16-7-5-3-4-6-14(16)12-13-8-10-15(17)11-9-13/h8-11,14,16,18H,2-7,12H2,1H3. The van der Waals surface area contributed by atoms with Crippen LogP contribution in [0.1, 0.15) is 44.6 Å². The molecule has 0 aromatic heterocycles. The summed E-state index contributed by atoms with van der Waals surface area (Å²) in [7, 11) is 0. The topological polar surface area (TPSA) is 12.0 Å². The first-order valence-corrected chi connectivity index (χ1v) is 7.27. The summed E-state index contributed by atoms with van der Waals surface area (Å²) in [6.45, 7) is 3.23. The minimum atomic E-state index is -0.136. The van der Waals surface area contributed by atoms with Gasteiger partial charge in [-0.15, -0.1) is 0 Å². The van der Waals surface area contributed by atoms with Gasteiger partial charge < -0.3 is 5.32 Å². The van der Waals surface area contributed by atoms with Gasteiger partial charge >= 0.3 is 0 Å². The summed E-state index contributed by atoms with van der Waals surface area (Å²) in [5.74, 6) is 0.570. The second-order valence-electron chi connectivity index (χ2n) is 5.39. The SMILES string of the molecule is CCNC1CCCCCC1Cc1ccc(F)cc1. The van der Waals surface area contributed by atoms with Gasteiger partial charge in [0.25, 0.3) is 0 Å². The molecule has 0 amide bonds. The van der Waals surface area contributed by atoms with E-state index >= 15 is 0 Å². The summed E-state index contributed by atoms with van der Waals surface area (Å²) in [5, 5.41) is 3.63. The maximum absolute atomic E-state index is 12.9. The summed E-state index contributed by atoms with van der Waals surface area (Å²) in [6.07, 6.45) is 7.72. The Hall–Kier alpha value is -0.890. The molecule has 2 rings (SSSR count). The van der Waals surface area contributed by atoms with Crippen molar-refractivity contribution in [3.8, 4) is 0 Å². The van der Waals surface area contributed by atoms with Crippen LogP contribution in [0.15, 0.2) is 24.3 Å². The molecule has 1 aromatic rings. The van der Waals surface area contributed by atoms with Crippen molar-refractivity contribution in [1.29, 1.82) is 0 Å². The highest BCUT2D eigenvalue weighted by molar-refractivity contribution is 5.17. The van der Waals surface area contributed by atoms with Gasteiger partial charge in [0.05, 0.1) is 0 Å². The van der Waals surface area contributed by atoms with E-state index in [4.69, 9.17) is 0 Å². The Morgan fingerprint density at radius 2 is 1.83 bits per heavy atom. The first kappa shape index (κ1) is 13.5. The molecule has 0 saturated heterocycles. The molecular weight excluding hydrogens is 225 g/mol. The number of halogens is 1. The minimum Gasteiger partial charge on any atom is -0.314 e. The molecule has 0 spiro atoms. The number of nitrogens with one attached hydrogen (secondary N) is 1. The van der Waals surface area contributed by atoms with E-state index in [0.29, 0.717) is 12.0 Å². The lowest BCUT2D eigenvalue weighted by molar-refractivity contribution is 0.337. The summed E-state index contributed by atoms with van der Waals surface area (Å²) < 4.78 is 12.9. The van der Waals surface area contributed by atoms with Crippen molar-refractivity contribution in [3.63, 3.8) is 0 Å². The van der Waals surface area contributed by atoms with E-state index in [1.54, 1.807) is 12.1 Å². The smallest absolute Gasteiger partial charge is 0.123 e. The van der Waals surface area contributed by atoms with Crippen molar-refractivity contribution in [2.45, 2.75) is 51.5 Å². The molecular formula is C16H24FN. The van der Waals surface area contributed by atoms with Gasteiger partial charge in [-0.05, 0) is 49.4 Å². The molecule has 0 aliphatic heterocycles. The van der Waals surface area contributed by atoms with Crippen molar-refractivity contribution >= 4 is 0 Å². The third-order valence-corrected chi connectivity index (χ3v) is 4.04. The van der Waals surface area contributed by atoms with Crippen LogP contribution < -0.4 is 5.32 Å². The molecule has 0 bridgehead atoms. The fraction of sp³-hybridized carbons (Fsp3) is 0.625. The van der Waals surface area contributed by atoms with Gasteiger partial charge in [-0.3, -0.25) is 0 Å². The van der Waals surface area contributed by atoms with Gasteiger partial charge in [0.15, 0.2) is 0 Å². The molecule has 1 N–H and O–H groups in total. The molecule has 18 heavy (non-hydrogen) atoms. The van der Waals surface area contributed by atoms with Gasteiger partial charge in [0, 0.05) is 6.04 Å². The van der Waals surface area contributed by atoms with Gasteiger partial charge in [-0.1, -0.05) is 38.3 Å². The van der Waals surface area contributed by atoms with Crippen molar-refractivity contribution in [1.82, 2.24) is 5.32 Å². The molecule has 1 aliphatic carbocycles. The Morgan fingerprint density at radius 3 is 2.56 bits per heavy atom. The molecule has 1 saturated carbocycles. The van der Waals surface area contributed by atoms with Crippen LogP contribution >= 0.6 is 0 Å². The van der Waals surface area contributed by atoms with Gasteiger partial charge in [-0.2, -0.15) is 0 Å². The van der Waals surface area contributed by atoms with Crippen LogP contribution in [0.3, 0.4) is 0 Å². The Morgan fingerprint density at radius 1 is 1.11 bits per heavy atom. The Bertz CT molecular complexity index is 347. The molecule has 0 heterocycles. The van der Waals surface area contributed by atoms with E-state index in [0.717, 1.165) is 13.0 Å². The average Bonchev–Trinajstić information content (AvgIpc) is 2.59. The predicted octanol–water partition coefficient (Wildman–Crippen LogP) is 3.93. The first-order chi connectivity index (χ1) is 8.79. The van der Waals surface area contributed by atoms with Crippen molar-refractivity contribution in [3.05, 3.63) is 35.6 Å². The van der Waals surface area contributed by atoms with Gasteiger partial charge in [-0.25, -0.2) is 4.39 Å². The predicted molar refractivity (Wildman–Crippen MR) is 74.1 cm³/mol. The molecule has 1 aromatic carbocycles. The fourth-order valence-electron chi connectivity index (χ4n) is 3.08. The summed E-state index contributed by atoms with van der Waals surface area (Å²) >= 11 is 0. The lowest BCUT2D eigenvalue weighted by atomic mass is 9.88. The molecule has 2 heteroatoms. The molecule has 2 unspecified atom stereocenters. The molecule has 2 atom stereocenters. The maximum Gasteiger partial charge on any atom is 0.123 e. The Balaban J connectivity index is 2.01. The minimum absolute atomic E-state index is 0.136. The van der Waals surface area contributed by atoms with Crippen LogP contribution in [-0.4, -0.2) is 12.6 Å². The number of rotatable bonds is 4. The van der Waals surface area contributed by atoms with Crippen LogP contribution in [0.25, 0.3) is 0 Å². The van der Waals surface area contributed by atoms with Crippen molar-refractivity contribution < 1.29 is 4.39 Å². The Labute approximate surface area is 110 Å². The number of benzene rings is 1. The second-order valence-corrected chi connectivity index (χ2v) is 5.39. The van der Waals surface area contributed by atoms with Crippen LogP contribution in [0.4, 0.5) is 4.39 Å². The van der Waals surface area contributed by atoms with E-state index in [-0.39, 0.29) is 5.82 Å². The fourth-order valence-corrected chi connectivity index (χ4v) is 3.08. The number of hydrogen-bond acceptors (Lipinski definition) is 1. The van der Waals surface area contributed by atoms with Crippen LogP contribution in [0.5, 0.6) is 0 Å². The van der Waals surface area contributed by atoms with E-state index in [1.165, 1.54) is 37.7 Å². The van der Waals surface area contributed by atoms with Crippen LogP contribution in [-0.2, 0) is 6.42 Å². The van der Waals surface area contributed by atoms with E-state index in [2.05, 4.69) is 12.2 Å². The number of hydrogen-bond donors (Lipinski definition) is 1. The third kappa shape index (κ3) is 3.81. The first-order valence-electron chi connectivity index (χ1n) is 7.27. The van der Waals surface area contributed by atoms with Crippen molar-refractivity contribution in [2.75, 3.05) is 6.54 Å². The monoisotopic (exact) mass is 249 g/mol.